The lowest BCUT2D eigenvalue weighted by molar-refractivity contribution is -0.128. The van der Waals surface area contributed by atoms with Crippen molar-refractivity contribution in [3.05, 3.63) is 0 Å². The number of hydrogen-bond donors (Lipinski definition) is 2. The highest BCUT2D eigenvalue weighted by atomic mass is 16.2. The molecule has 0 aromatic heterocycles. The van der Waals surface area contributed by atoms with E-state index in [0.717, 1.165) is 18.9 Å². The van der Waals surface area contributed by atoms with Crippen LogP contribution in [0.3, 0.4) is 0 Å². The quantitative estimate of drug-likeness (QED) is 0.390. The summed E-state index contributed by atoms with van der Waals surface area (Å²) in [7, 11) is 5.28. The van der Waals surface area contributed by atoms with E-state index < -0.39 is 0 Å². The SMILES string of the molecule is CCCCCCNC(=NC)NCCC(=O)N(C)C. The van der Waals surface area contributed by atoms with Crippen molar-refractivity contribution in [2.75, 3.05) is 34.2 Å². The molecule has 0 atom stereocenters. The van der Waals surface area contributed by atoms with Crippen LogP contribution in [0.2, 0.25) is 0 Å². The molecule has 0 heterocycles. The lowest BCUT2D eigenvalue weighted by atomic mass is 10.2. The molecule has 0 aliphatic heterocycles. The molecule has 0 bridgehead atoms. The van der Waals surface area contributed by atoms with E-state index >= 15 is 0 Å². The Labute approximate surface area is 111 Å². The molecule has 0 fully saturated rings. The summed E-state index contributed by atoms with van der Waals surface area (Å²) in [5.41, 5.74) is 0. The zero-order valence-corrected chi connectivity index (χ0v) is 12.3. The molecule has 0 aromatic carbocycles. The van der Waals surface area contributed by atoms with E-state index in [1.807, 2.05) is 0 Å². The van der Waals surface area contributed by atoms with Gasteiger partial charge in [-0.15, -0.1) is 0 Å². The van der Waals surface area contributed by atoms with E-state index in [1.54, 1.807) is 26.0 Å². The first-order valence-electron chi connectivity index (χ1n) is 6.76. The molecule has 0 unspecified atom stereocenters. The normalized spacial score (nSPS) is 11.2. The number of aliphatic imine (C=N–C) groups is 1. The molecule has 0 spiro atoms. The van der Waals surface area contributed by atoms with Gasteiger partial charge in [-0.25, -0.2) is 0 Å². The maximum atomic E-state index is 11.4. The molecule has 18 heavy (non-hydrogen) atoms. The third kappa shape index (κ3) is 8.84. The smallest absolute Gasteiger partial charge is 0.223 e. The topological polar surface area (TPSA) is 56.7 Å². The molecule has 0 aromatic rings. The second kappa shape index (κ2) is 10.9. The van der Waals surface area contributed by atoms with Crippen LogP contribution in [-0.2, 0) is 4.79 Å². The summed E-state index contributed by atoms with van der Waals surface area (Å²) in [5, 5.41) is 6.38. The number of carbonyl (C=O) groups is 1. The zero-order chi connectivity index (χ0) is 13.8. The summed E-state index contributed by atoms with van der Waals surface area (Å²) < 4.78 is 0. The van der Waals surface area contributed by atoms with Gasteiger partial charge in [0.15, 0.2) is 5.96 Å². The fourth-order valence-corrected chi connectivity index (χ4v) is 1.49. The minimum Gasteiger partial charge on any atom is -0.356 e. The van der Waals surface area contributed by atoms with Crippen molar-refractivity contribution in [3.63, 3.8) is 0 Å². The third-order valence-corrected chi connectivity index (χ3v) is 2.68. The van der Waals surface area contributed by atoms with Crippen LogP contribution < -0.4 is 10.6 Å². The van der Waals surface area contributed by atoms with Gasteiger partial charge in [-0.2, -0.15) is 0 Å². The second-order valence-corrected chi connectivity index (χ2v) is 4.52. The number of guanidine groups is 1. The summed E-state index contributed by atoms with van der Waals surface area (Å²) in [4.78, 5) is 17.1. The largest absolute Gasteiger partial charge is 0.356 e. The molecular formula is C13H28N4O. The van der Waals surface area contributed by atoms with Crippen LogP contribution >= 0.6 is 0 Å². The summed E-state index contributed by atoms with van der Waals surface area (Å²) in [6.45, 7) is 3.75. The number of rotatable bonds is 8. The molecule has 1 amide bonds. The first kappa shape index (κ1) is 16.7. The van der Waals surface area contributed by atoms with Crippen molar-refractivity contribution in [3.8, 4) is 0 Å². The standard InChI is InChI=1S/C13H28N4O/c1-5-6-7-8-10-15-13(14-2)16-11-9-12(18)17(3)4/h5-11H2,1-4H3,(H2,14,15,16). The summed E-state index contributed by atoms with van der Waals surface area (Å²) in [6, 6.07) is 0. The van der Waals surface area contributed by atoms with Gasteiger partial charge in [0.2, 0.25) is 5.91 Å². The van der Waals surface area contributed by atoms with Crippen LogP contribution in [-0.4, -0.2) is 51.0 Å². The molecule has 0 radical (unpaired) electrons. The first-order valence-corrected chi connectivity index (χ1v) is 6.76. The van der Waals surface area contributed by atoms with Crippen LogP contribution in [0.5, 0.6) is 0 Å². The fraction of sp³-hybridized carbons (Fsp3) is 0.846. The van der Waals surface area contributed by atoms with E-state index in [1.165, 1.54) is 19.3 Å². The van der Waals surface area contributed by atoms with Gasteiger partial charge in [-0.1, -0.05) is 26.2 Å². The monoisotopic (exact) mass is 256 g/mol. The molecule has 106 valence electrons. The van der Waals surface area contributed by atoms with Gasteiger partial charge in [-0.05, 0) is 6.42 Å². The molecule has 0 saturated heterocycles. The Morgan fingerprint density at radius 2 is 1.78 bits per heavy atom. The lowest BCUT2D eigenvalue weighted by Gasteiger charge is -2.13. The first-order chi connectivity index (χ1) is 8.61. The zero-order valence-electron chi connectivity index (χ0n) is 12.3. The van der Waals surface area contributed by atoms with Crippen molar-refractivity contribution in [2.45, 2.75) is 39.0 Å². The summed E-state index contributed by atoms with van der Waals surface area (Å²) in [5.74, 6) is 0.902. The Hall–Kier alpha value is -1.26. The predicted molar refractivity (Wildman–Crippen MR) is 76.8 cm³/mol. The van der Waals surface area contributed by atoms with Crippen LogP contribution in [0.4, 0.5) is 0 Å². The number of carbonyl (C=O) groups excluding carboxylic acids is 1. The molecule has 0 aliphatic carbocycles. The highest BCUT2D eigenvalue weighted by Gasteiger charge is 2.03. The van der Waals surface area contributed by atoms with Crippen molar-refractivity contribution in [2.24, 2.45) is 4.99 Å². The Morgan fingerprint density at radius 3 is 2.33 bits per heavy atom. The maximum Gasteiger partial charge on any atom is 0.223 e. The van der Waals surface area contributed by atoms with E-state index in [4.69, 9.17) is 0 Å². The van der Waals surface area contributed by atoms with Crippen molar-refractivity contribution >= 4 is 11.9 Å². The molecule has 0 aliphatic rings. The van der Waals surface area contributed by atoms with Gasteiger partial charge in [-0.3, -0.25) is 9.79 Å². The van der Waals surface area contributed by atoms with Crippen LogP contribution in [0.1, 0.15) is 39.0 Å². The van der Waals surface area contributed by atoms with Crippen LogP contribution in [0.15, 0.2) is 4.99 Å². The van der Waals surface area contributed by atoms with Gasteiger partial charge >= 0.3 is 0 Å². The van der Waals surface area contributed by atoms with E-state index in [9.17, 15) is 4.79 Å². The minimum atomic E-state index is 0.126. The highest BCUT2D eigenvalue weighted by molar-refractivity contribution is 5.81. The number of hydrogen-bond acceptors (Lipinski definition) is 2. The molecular weight excluding hydrogens is 228 g/mol. The Kier molecular flexibility index (Phi) is 10.1. The van der Waals surface area contributed by atoms with E-state index in [-0.39, 0.29) is 5.91 Å². The van der Waals surface area contributed by atoms with Gasteiger partial charge in [0.05, 0.1) is 0 Å². The van der Waals surface area contributed by atoms with Gasteiger partial charge < -0.3 is 15.5 Å². The van der Waals surface area contributed by atoms with E-state index in [2.05, 4.69) is 22.5 Å². The Morgan fingerprint density at radius 1 is 1.11 bits per heavy atom. The lowest BCUT2D eigenvalue weighted by Crippen LogP contribution is -2.39. The summed E-state index contributed by atoms with van der Waals surface area (Å²) >= 11 is 0. The number of nitrogens with one attached hydrogen (secondary N) is 2. The number of unbranched alkanes of at least 4 members (excludes halogenated alkanes) is 3. The third-order valence-electron chi connectivity index (χ3n) is 2.68. The molecule has 2 N–H and O–H groups in total. The van der Waals surface area contributed by atoms with Crippen LogP contribution in [0.25, 0.3) is 0 Å². The van der Waals surface area contributed by atoms with Crippen molar-refractivity contribution < 1.29 is 4.79 Å². The second-order valence-electron chi connectivity index (χ2n) is 4.52. The Balaban J connectivity index is 3.62. The average Bonchev–Trinajstić information content (AvgIpc) is 2.36. The minimum absolute atomic E-state index is 0.126. The average molecular weight is 256 g/mol. The summed E-state index contributed by atoms with van der Waals surface area (Å²) in [6.07, 6.45) is 5.43. The van der Waals surface area contributed by atoms with Gasteiger partial charge in [0, 0.05) is 40.7 Å². The molecule has 0 rings (SSSR count). The van der Waals surface area contributed by atoms with Gasteiger partial charge in [0.1, 0.15) is 0 Å². The molecule has 5 nitrogen and oxygen atoms in total. The van der Waals surface area contributed by atoms with Gasteiger partial charge in [0.25, 0.3) is 0 Å². The fourth-order valence-electron chi connectivity index (χ4n) is 1.49. The molecule has 5 heteroatoms. The maximum absolute atomic E-state index is 11.4. The molecule has 0 saturated carbocycles. The van der Waals surface area contributed by atoms with Crippen LogP contribution in [0, 0.1) is 0 Å². The van der Waals surface area contributed by atoms with Crippen molar-refractivity contribution in [1.29, 1.82) is 0 Å². The number of amides is 1. The van der Waals surface area contributed by atoms with Crippen molar-refractivity contribution in [1.82, 2.24) is 15.5 Å². The predicted octanol–water partition coefficient (Wildman–Crippen LogP) is 1.21. The highest BCUT2D eigenvalue weighted by Crippen LogP contribution is 1.96. The Bertz CT molecular complexity index is 251. The number of nitrogens with zero attached hydrogens (tertiary/aromatic N) is 2. The van der Waals surface area contributed by atoms with E-state index in [0.29, 0.717) is 13.0 Å².